The minimum atomic E-state index is -3.29. The fourth-order valence-electron chi connectivity index (χ4n) is 13.4. The van der Waals surface area contributed by atoms with Gasteiger partial charge < -0.3 is 25.2 Å². The number of allylic oxidation sites excluding steroid dienone is 3. The van der Waals surface area contributed by atoms with Gasteiger partial charge in [-0.1, -0.05) is 143 Å². The van der Waals surface area contributed by atoms with Crippen molar-refractivity contribution in [2.24, 2.45) is 73.9 Å². The van der Waals surface area contributed by atoms with Crippen LogP contribution in [0.25, 0.3) is 0 Å². The van der Waals surface area contributed by atoms with E-state index in [0.717, 1.165) is 44.6 Å². The Hall–Kier alpha value is -0.980. The average Bonchev–Trinajstić information content (AvgIpc) is 3.52. The normalized spacial score (nSPS) is 38.5. The zero-order valence-electron chi connectivity index (χ0n) is 44.1. The van der Waals surface area contributed by atoms with Crippen molar-refractivity contribution in [3.8, 4) is 0 Å². The molecule has 0 radical (unpaired) electrons. The van der Waals surface area contributed by atoms with Crippen LogP contribution in [0.15, 0.2) is 34.9 Å². The highest BCUT2D eigenvalue weighted by Crippen LogP contribution is 2.80. The largest absolute Gasteiger partial charge is 0.396 e. The summed E-state index contributed by atoms with van der Waals surface area (Å²) in [6.45, 7) is 41.9. The smallest absolute Gasteiger partial charge is 0.117 e. The zero-order chi connectivity index (χ0) is 47.4. The molecule has 3 unspecified atom stereocenters. The minimum Gasteiger partial charge on any atom is -0.396 e. The molecule has 0 heterocycles. The van der Waals surface area contributed by atoms with E-state index in [9.17, 15) is 20.4 Å². The molecule has 10 atom stereocenters. The Morgan fingerprint density at radius 1 is 0.927 bits per heavy atom. The van der Waals surface area contributed by atoms with Gasteiger partial charge in [0.2, 0.25) is 0 Å². The van der Waals surface area contributed by atoms with Gasteiger partial charge in [0.05, 0.1) is 23.2 Å². The average molecular weight is 776 g/mol. The van der Waals surface area contributed by atoms with Gasteiger partial charge in [0.25, 0.3) is 0 Å². The standard InChI is InChI=1S/C50H90O5/c1-22-49(54,23-2)35(10)27-34(9)47(20,30(3)4)39-25-24-37-38(43(12,13)45(16,17)46(18,19)50(37,39)31(5)6)26-33(8)40-36(11)41(52)42(55-29-32(7)28-51)48(21,53)44(40,14)15/h26,30-32,34-35,37,39,41-42,51-54H,11,22-25,27-29H2,1-10,12-21H3/b38-26-,40-33+/t32?,34?,35?,37-,39+,41+,42-,47+,48-,50-/m0/s1/i28D2,29D2,32D. The molecule has 0 spiro atoms. The number of hydrogen-bond acceptors (Lipinski definition) is 5. The van der Waals surface area contributed by atoms with Gasteiger partial charge in [0.1, 0.15) is 12.2 Å². The molecule has 0 aromatic carbocycles. The van der Waals surface area contributed by atoms with E-state index < -0.39 is 47.8 Å². The molecular formula is C50H90O5. The lowest BCUT2D eigenvalue weighted by atomic mass is 9.31. The van der Waals surface area contributed by atoms with Gasteiger partial charge >= 0.3 is 0 Å². The lowest BCUT2D eigenvalue weighted by Crippen LogP contribution is -2.67. The molecule has 0 amide bonds. The highest BCUT2D eigenvalue weighted by Gasteiger charge is 2.74. The van der Waals surface area contributed by atoms with Crippen molar-refractivity contribution in [1.29, 1.82) is 0 Å². The second-order valence-electron chi connectivity index (χ2n) is 21.8. The molecule has 3 fully saturated rings. The summed E-state index contributed by atoms with van der Waals surface area (Å²) < 4.78 is 46.9. The van der Waals surface area contributed by atoms with E-state index in [-0.39, 0.29) is 44.5 Å². The quantitative estimate of drug-likeness (QED) is 0.141. The van der Waals surface area contributed by atoms with Crippen LogP contribution < -0.4 is 0 Å². The Morgan fingerprint density at radius 3 is 1.91 bits per heavy atom. The summed E-state index contributed by atoms with van der Waals surface area (Å²) in [7, 11) is 0. The van der Waals surface area contributed by atoms with E-state index in [1.807, 2.05) is 20.8 Å². The lowest BCUT2D eigenvalue weighted by Gasteiger charge is -2.72. The molecule has 0 aromatic rings. The van der Waals surface area contributed by atoms with Crippen LogP contribution >= 0.6 is 0 Å². The Labute approximate surface area is 347 Å². The van der Waals surface area contributed by atoms with Crippen molar-refractivity contribution in [3.05, 3.63) is 34.9 Å². The number of aliphatic hydroxyl groups is 4. The van der Waals surface area contributed by atoms with Crippen molar-refractivity contribution in [3.63, 3.8) is 0 Å². The van der Waals surface area contributed by atoms with E-state index in [1.54, 1.807) is 0 Å². The summed E-state index contributed by atoms with van der Waals surface area (Å²) in [5.74, 6) is -0.984. The predicted molar refractivity (Wildman–Crippen MR) is 233 cm³/mol. The number of fused-ring (bicyclic) bond motifs is 1. The van der Waals surface area contributed by atoms with Crippen LogP contribution in [0, 0.1) is 73.9 Å². The van der Waals surface area contributed by atoms with E-state index in [0.29, 0.717) is 29.2 Å². The first kappa shape index (κ1) is 40.8. The maximum Gasteiger partial charge on any atom is 0.117 e. The van der Waals surface area contributed by atoms with Gasteiger partial charge in [0.15, 0.2) is 0 Å². The molecule has 320 valence electrons. The van der Waals surface area contributed by atoms with Gasteiger partial charge in [-0.05, 0) is 125 Å². The van der Waals surface area contributed by atoms with Gasteiger partial charge in [-0.15, -0.1) is 0 Å². The number of rotatable bonds is 14. The second-order valence-corrected chi connectivity index (χ2v) is 21.8. The van der Waals surface area contributed by atoms with Crippen LogP contribution in [0.1, 0.15) is 177 Å². The van der Waals surface area contributed by atoms with Gasteiger partial charge in [0, 0.05) is 19.2 Å². The molecule has 4 N–H and O–H groups in total. The fraction of sp³-hybridized carbons (Fsp3) is 0.880. The summed E-state index contributed by atoms with van der Waals surface area (Å²) in [5, 5.41) is 46.2. The van der Waals surface area contributed by atoms with Crippen LogP contribution in [0.3, 0.4) is 0 Å². The van der Waals surface area contributed by atoms with Gasteiger partial charge in [-0.25, -0.2) is 0 Å². The molecule has 0 aliphatic heterocycles. The molecule has 3 aliphatic carbocycles. The van der Waals surface area contributed by atoms with Crippen molar-refractivity contribution < 1.29 is 32.0 Å². The molecule has 0 saturated heterocycles. The van der Waals surface area contributed by atoms with Gasteiger partial charge in [-0.3, -0.25) is 0 Å². The maximum atomic E-state index is 12.4. The first-order valence-corrected chi connectivity index (χ1v) is 21.7. The third kappa shape index (κ3) is 6.94. The second kappa shape index (κ2) is 15.9. The van der Waals surface area contributed by atoms with Crippen molar-refractivity contribution in [2.45, 2.75) is 194 Å². The van der Waals surface area contributed by atoms with Crippen LogP contribution in [-0.4, -0.2) is 57.0 Å². The summed E-state index contributed by atoms with van der Waals surface area (Å²) >= 11 is 0. The van der Waals surface area contributed by atoms with Gasteiger partial charge in [-0.2, -0.15) is 0 Å². The Morgan fingerprint density at radius 2 is 1.45 bits per heavy atom. The van der Waals surface area contributed by atoms with E-state index in [4.69, 9.17) is 11.6 Å². The van der Waals surface area contributed by atoms with Crippen molar-refractivity contribution >= 4 is 0 Å². The topological polar surface area (TPSA) is 90.2 Å². The van der Waals surface area contributed by atoms with E-state index in [2.05, 4.69) is 117 Å². The highest BCUT2D eigenvalue weighted by molar-refractivity contribution is 5.51. The molecular weight excluding hydrogens is 681 g/mol. The lowest BCUT2D eigenvalue weighted by molar-refractivity contribution is -0.217. The number of ether oxygens (including phenoxy) is 1. The maximum absolute atomic E-state index is 12.4. The molecule has 3 rings (SSSR count). The van der Waals surface area contributed by atoms with Crippen LogP contribution in [0.4, 0.5) is 0 Å². The Bertz CT molecular complexity index is 1660. The molecule has 5 nitrogen and oxygen atoms in total. The number of hydrogen-bond donors (Lipinski definition) is 4. The minimum absolute atomic E-state index is 0.0454. The third-order valence-electron chi connectivity index (χ3n) is 18.7. The summed E-state index contributed by atoms with van der Waals surface area (Å²) in [6.07, 6.45) is 3.63. The summed E-state index contributed by atoms with van der Waals surface area (Å²) in [5.41, 5.74) is -1.43. The predicted octanol–water partition coefficient (Wildman–Crippen LogP) is 11.6. The fourth-order valence-corrected chi connectivity index (χ4v) is 13.4. The molecule has 3 aliphatic rings. The zero-order valence-corrected chi connectivity index (χ0v) is 39.1. The first-order valence-electron chi connectivity index (χ1n) is 24.2. The first-order chi connectivity index (χ1) is 26.6. The molecule has 3 saturated carbocycles. The van der Waals surface area contributed by atoms with Crippen molar-refractivity contribution in [1.82, 2.24) is 0 Å². The van der Waals surface area contributed by atoms with E-state index >= 15 is 0 Å². The van der Waals surface area contributed by atoms with E-state index in [1.165, 1.54) is 12.5 Å². The van der Waals surface area contributed by atoms with Crippen LogP contribution in [0.5, 0.6) is 0 Å². The SMILES string of the molecule is [2H]C([2H])(O)C([2H])(C)C([2H])([2H])O[C@H]1[C@H](O)C(=C)/C(=C(C)\C=C2\[C@@H]3CC[C@H]([C@](C)(C(C)C)C(C)CC(C)C(O)(CC)CC)[C@@]3(C(C)C)C(C)(C)C(C)(C)C2(C)C)C(C)(C)[C@@]1(C)O. The Kier molecular flexibility index (Phi) is 11.8. The number of aliphatic hydroxyl groups excluding tert-OH is 1. The summed E-state index contributed by atoms with van der Waals surface area (Å²) in [6, 6.07) is 0. The van der Waals surface area contributed by atoms with Crippen molar-refractivity contribution in [2.75, 3.05) is 13.1 Å². The Balaban J connectivity index is 2.37. The summed E-state index contributed by atoms with van der Waals surface area (Å²) in [4.78, 5) is 0. The molecule has 55 heavy (non-hydrogen) atoms. The van der Waals surface area contributed by atoms with Crippen LogP contribution in [0.2, 0.25) is 0 Å². The third-order valence-corrected chi connectivity index (χ3v) is 18.7. The molecule has 5 heteroatoms. The van der Waals surface area contributed by atoms with Crippen LogP contribution in [-0.2, 0) is 4.74 Å². The highest BCUT2D eigenvalue weighted by atomic mass is 16.5. The monoisotopic (exact) mass is 776 g/mol. The molecule has 0 bridgehead atoms. The molecule has 0 aromatic heterocycles.